The van der Waals surface area contributed by atoms with Gasteiger partial charge >= 0.3 is 0 Å². The average Bonchev–Trinajstić information content (AvgIpc) is 3.22. The van der Waals surface area contributed by atoms with Crippen molar-refractivity contribution in [2.75, 3.05) is 7.05 Å². The first-order valence-electron chi connectivity index (χ1n) is 9.22. The van der Waals surface area contributed by atoms with Crippen molar-refractivity contribution in [1.29, 1.82) is 0 Å². The van der Waals surface area contributed by atoms with Gasteiger partial charge in [0.2, 0.25) is 0 Å². The highest BCUT2D eigenvalue weighted by molar-refractivity contribution is 5.79. The molecule has 1 unspecified atom stereocenters. The maximum absolute atomic E-state index is 4.89. The van der Waals surface area contributed by atoms with Gasteiger partial charge < -0.3 is 10.6 Å². The largest absolute Gasteiger partial charge is 0.354 e. The molecule has 0 radical (unpaired) electrons. The topological polar surface area (TPSA) is 54.2 Å². The van der Waals surface area contributed by atoms with Crippen LogP contribution < -0.4 is 10.6 Å². The molecule has 1 heterocycles. The number of fused-ring (bicyclic) bond motifs is 1. The zero-order valence-electron chi connectivity index (χ0n) is 15.7. The van der Waals surface area contributed by atoms with Crippen molar-refractivity contribution in [3.05, 3.63) is 47.3 Å². The standard InChI is InChI=1S/C20H29N5/c1-14(2)15(3)23-20(21-4)22-13-18-17-11-8-12-19(17)25(24-18)16-9-6-5-7-10-16/h5-7,9-10,14-15H,8,11-13H2,1-4H3,(H2,21,22,23). The molecular formula is C20H29N5. The van der Waals surface area contributed by atoms with Crippen LogP contribution in [0.3, 0.4) is 0 Å². The van der Waals surface area contributed by atoms with E-state index in [1.807, 2.05) is 13.1 Å². The van der Waals surface area contributed by atoms with E-state index in [-0.39, 0.29) is 0 Å². The normalized spacial score (nSPS) is 15.3. The second-order valence-corrected chi connectivity index (χ2v) is 7.08. The molecule has 5 nitrogen and oxygen atoms in total. The molecule has 1 aliphatic rings. The highest BCUT2D eigenvalue weighted by Gasteiger charge is 2.23. The van der Waals surface area contributed by atoms with Gasteiger partial charge in [0.25, 0.3) is 0 Å². The zero-order valence-corrected chi connectivity index (χ0v) is 15.7. The molecule has 0 amide bonds. The van der Waals surface area contributed by atoms with E-state index in [2.05, 4.69) is 65.3 Å². The van der Waals surface area contributed by atoms with E-state index in [4.69, 9.17) is 5.10 Å². The summed E-state index contributed by atoms with van der Waals surface area (Å²) in [6.45, 7) is 7.30. The van der Waals surface area contributed by atoms with Gasteiger partial charge in [0, 0.05) is 18.8 Å². The number of hydrogen-bond donors (Lipinski definition) is 2. The zero-order chi connectivity index (χ0) is 17.8. The molecule has 2 N–H and O–H groups in total. The minimum Gasteiger partial charge on any atom is -0.354 e. The summed E-state index contributed by atoms with van der Waals surface area (Å²) in [4.78, 5) is 4.34. The Morgan fingerprint density at radius 3 is 2.64 bits per heavy atom. The number of rotatable bonds is 5. The number of guanidine groups is 1. The van der Waals surface area contributed by atoms with Gasteiger partial charge in [0.05, 0.1) is 17.9 Å². The van der Waals surface area contributed by atoms with Crippen molar-refractivity contribution in [2.45, 2.75) is 52.6 Å². The van der Waals surface area contributed by atoms with Crippen LogP contribution in [0, 0.1) is 5.92 Å². The van der Waals surface area contributed by atoms with E-state index in [1.165, 1.54) is 17.7 Å². The predicted molar refractivity (Wildman–Crippen MR) is 103 cm³/mol. The van der Waals surface area contributed by atoms with Gasteiger partial charge in [-0.05, 0) is 49.8 Å². The van der Waals surface area contributed by atoms with Crippen LogP contribution in [0.4, 0.5) is 0 Å². The Labute approximate surface area is 150 Å². The summed E-state index contributed by atoms with van der Waals surface area (Å²) in [5.41, 5.74) is 5.05. The van der Waals surface area contributed by atoms with Gasteiger partial charge in [-0.15, -0.1) is 0 Å². The second kappa shape index (κ2) is 7.72. The van der Waals surface area contributed by atoms with E-state index < -0.39 is 0 Å². The lowest BCUT2D eigenvalue weighted by Crippen LogP contribution is -2.44. The first-order chi connectivity index (χ1) is 12.1. The monoisotopic (exact) mass is 339 g/mol. The minimum absolute atomic E-state index is 0.374. The molecule has 0 spiro atoms. The van der Waals surface area contributed by atoms with E-state index in [9.17, 15) is 0 Å². The summed E-state index contributed by atoms with van der Waals surface area (Å²) < 4.78 is 2.12. The minimum atomic E-state index is 0.374. The Bertz CT molecular complexity index is 730. The molecular weight excluding hydrogens is 310 g/mol. The average molecular weight is 339 g/mol. The highest BCUT2D eigenvalue weighted by atomic mass is 15.3. The lowest BCUT2D eigenvalue weighted by molar-refractivity contribution is 0.480. The summed E-state index contributed by atoms with van der Waals surface area (Å²) in [6, 6.07) is 10.8. The molecule has 5 heteroatoms. The fourth-order valence-corrected chi connectivity index (χ4v) is 3.18. The number of aromatic nitrogens is 2. The van der Waals surface area contributed by atoms with Crippen LogP contribution in [0.25, 0.3) is 5.69 Å². The summed E-state index contributed by atoms with van der Waals surface area (Å²) in [7, 11) is 1.81. The van der Waals surface area contributed by atoms with Crippen molar-refractivity contribution >= 4 is 5.96 Å². The Hall–Kier alpha value is -2.30. The third kappa shape index (κ3) is 3.86. The number of aliphatic imine (C=N–C) groups is 1. The number of hydrogen-bond acceptors (Lipinski definition) is 2. The molecule has 2 aromatic rings. The molecule has 0 saturated heterocycles. The van der Waals surface area contributed by atoms with Gasteiger partial charge in [-0.2, -0.15) is 5.10 Å². The van der Waals surface area contributed by atoms with E-state index in [0.717, 1.165) is 30.2 Å². The Morgan fingerprint density at radius 1 is 1.20 bits per heavy atom. The molecule has 0 aliphatic heterocycles. The van der Waals surface area contributed by atoms with Gasteiger partial charge in [-0.25, -0.2) is 4.68 Å². The lowest BCUT2D eigenvalue weighted by atomic mass is 10.1. The van der Waals surface area contributed by atoms with Crippen LogP contribution >= 0.6 is 0 Å². The first-order valence-corrected chi connectivity index (χ1v) is 9.22. The van der Waals surface area contributed by atoms with Crippen molar-refractivity contribution < 1.29 is 0 Å². The van der Waals surface area contributed by atoms with Crippen molar-refractivity contribution in [3.63, 3.8) is 0 Å². The molecule has 0 saturated carbocycles. The third-order valence-corrected chi connectivity index (χ3v) is 5.03. The Kier molecular flexibility index (Phi) is 5.41. The molecule has 1 atom stereocenters. The summed E-state index contributed by atoms with van der Waals surface area (Å²) in [6.07, 6.45) is 3.44. The summed E-state index contributed by atoms with van der Waals surface area (Å²) in [5, 5.41) is 11.8. The predicted octanol–water partition coefficient (Wildman–Crippen LogP) is 3.07. The van der Waals surface area contributed by atoms with Crippen LogP contribution in [0.1, 0.15) is 44.1 Å². The van der Waals surface area contributed by atoms with Crippen LogP contribution in [-0.4, -0.2) is 28.8 Å². The molecule has 3 rings (SSSR count). The lowest BCUT2D eigenvalue weighted by Gasteiger charge is -2.20. The highest BCUT2D eigenvalue weighted by Crippen LogP contribution is 2.27. The van der Waals surface area contributed by atoms with Crippen molar-refractivity contribution in [2.24, 2.45) is 10.9 Å². The molecule has 25 heavy (non-hydrogen) atoms. The Balaban J connectivity index is 1.75. The fourth-order valence-electron chi connectivity index (χ4n) is 3.18. The molecule has 1 aromatic carbocycles. The van der Waals surface area contributed by atoms with Gasteiger partial charge in [0.1, 0.15) is 0 Å². The quantitative estimate of drug-likeness (QED) is 0.650. The molecule has 134 valence electrons. The molecule has 1 aromatic heterocycles. The van der Waals surface area contributed by atoms with Gasteiger partial charge in [-0.1, -0.05) is 32.0 Å². The Morgan fingerprint density at radius 2 is 1.96 bits per heavy atom. The van der Waals surface area contributed by atoms with Crippen molar-refractivity contribution in [3.8, 4) is 5.69 Å². The van der Waals surface area contributed by atoms with Gasteiger partial charge in [-0.3, -0.25) is 4.99 Å². The number of nitrogens with one attached hydrogen (secondary N) is 2. The second-order valence-electron chi connectivity index (χ2n) is 7.08. The first kappa shape index (κ1) is 17.5. The molecule has 0 fully saturated rings. The maximum atomic E-state index is 4.89. The summed E-state index contributed by atoms with van der Waals surface area (Å²) in [5.74, 6) is 1.39. The number of para-hydroxylation sites is 1. The third-order valence-electron chi connectivity index (χ3n) is 5.03. The maximum Gasteiger partial charge on any atom is 0.191 e. The fraction of sp³-hybridized carbons (Fsp3) is 0.500. The SMILES string of the molecule is CN=C(NCc1nn(-c2ccccc2)c2c1CCC2)NC(C)C(C)C. The van der Waals surface area contributed by atoms with E-state index in [1.54, 1.807) is 0 Å². The van der Waals surface area contributed by atoms with Crippen LogP contribution in [0.5, 0.6) is 0 Å². The molecule has 1 aliphatic carbocycles. The van der Waals surface area contributed by atoms with E-state index >= 15 is 0 Å². The van der Waals surface area contributed by atoms with Crippen LogP contribution in [0.15, 0.2) is 35.3 Å². The van der Waals surface area contributed by atoms with Crippen LogP contribution in [0.2, 0.25) is 0 Å². The smallest absolute Gasteiger partial charge is 0.191 e. The van der Waals surface area contributed by atoms with Gasteiger partial charge in [0.15, 0.2) is 5.96 Å². The molecule has 0 bridgehead atoms. The van der Waals surface area contributed by atoms with Crippen LogP contribution in [-0.2, 0) is 19.4 Å². The van der Waals surface area contributed by atoms with E-state index in [0.29, 0.717) is 18.5 Å². The number of benzene rings is 1. The summed E-state index contributed by atoms with van der Waals surface area (Å²) >= 11 is 0. The van der Waals surface area contributed by atoms with Crippen molar-refractivity contribution in [1.82, 2.24) is 20.4 Å². The number of nitrogens with zero attached hydrogens (tertiary/aromatic N) is 3.